The van der Waals surface area contributed by atoms with Crippen LogP contribution >= 0.6 is 0 Å². The summed E-state index contributed by atoms with van der Waals surface area (Å²) in [6, 6.07) is 1.32. The first kappa shape index (κ1) is 21.8. The van der Waals surface area contributed by atoms with E-state index >= 15 is 0 Å². The molecule has 0 N–H and O–H groups in total. The summed E-state index contributed by atoms with van der Waals surface area (Å²) in [6.07, 6.45) is 2.69. The number of nitrogens with zero attached hydrogens (tertiary/aromatic N) is 1. The third kappa shape index (κ3) is 10.2. The SMILES string of the molecule is C[Si](C)(C)O[Si](C)(C)CCCCN([Si](C)(C)C)[Si](C)(C)C. The molecule has 0 spiro atoms. The van der Waals surface area contributed by atoms with E-state index in [1.54, 1.807) is 0 Å². The molecular weight excluding hydrogens is 323 g/mol. The molecule has 0 aliphatic rings. The monoisotopic (exact) mass is 363 g/mol. The van der Waals surface area contributed by atoms with E-state index in [0.29, 0.717) is 0 Å². The Morgan fingerprint density at radius 1 is 0.667 bits per heavy atom. The third-order valence-corrected chi connectivity index (χ3v) is 17.5. The Kier molecular flexibility index (Phi) is 7.86. The minimum atomic E-state index is -1.44. The van der Waals surface area contributed by atoms with Gasteiger partial charge in [0, 0.05) is 0 Å². The van der Waals surface area contributed by atoms with Gasteiger partial charge >= 0.3 is 0 Å². The predicted octanol–water partition coefficient (Wildman–Crippen LogP) is 5.80. The minimum Gasteiger partial charge on any atom is -0.456 e. The van der Waals surface area contributed by atoms with Crippen LogP contribution in [0.5, 0.6) is 0 Å². The molecule has 2 nitrogen and oxygen atoms in total. The van der Waals surface area contributed by atoms with Crippen LogP contribution in [0.4, 0.5) is 0 Å². The summed E-state index contributed by atoms with van der Waals surface area (Å²) < 4.78 is 9.36. The second-order valence-electron chi connectivity index (χ2n) is 9.92. The highest BCUT2D eigenvalue weighted by atomic mass is 28.4. The second-order valence-corrected chi connectivity index (χ2v) is 29.2. The molecule has 0 bridgehead atoms. The van der Waals surface area contributed by atoms with Gasteiger partial charge in [0.05, 0.1) is 0 Å². The largest absolute Gasteiger partial charge is 0.456 e. The highest BCUT2D eigenvalue weighted by Gasteiger charge is 2.34. The Bertz CT molecular complexity index is 299. The maximum absolute atomic E-state index is 6.45. The summed E-state index contributed by atoms with van der Waals surface area (Å²) >= 11 is 0. The van der Waals surface area contributed by atoms with Crippen LogP contribution in [-0.4, -0.2) is 43.9 Å². The average Bonchev–Trinajstić information content (AvgIpc) is 2.07. The molecule has 0 unspecified atom stereocenters. The average molecular weight is 364 g/mol. The molecule has 0 atom stereocenters. The van der Waals surface area contributed by atoms with E-state index in [4.69, 9.17) is 4.12 Å². The number of rotatable bonds is 9. The van der Waals surface area contributed by atoms with Crippen molar-refractivity contribution >= 4 is 33.1 Å². The molecule has 128 valence electrons. The van der Waals surface area contributed by atoms with Crippen LogP contribution in [0.25, 0.3) is 0 Å². The minimum absolute atomic E-state index is 1.17. The van der Waals surface area contributed by atoms with E-state index in [9.17, 15) is 0 Å². The first-order chi connectivity index (χ1) is 9.05. The lowest BCUT2D eigenvalue weighted by molar-refractivity contribution is 0.529. The summed E-state index contributed by atoms with van der Waals surface area (Å²) in [4.78, 5) is 0. The molecule has 0 aromatic heterocycles. The molecule has 0 heterocycles. The molecule has 0 rings (SSSR count). The van der Waals surface area contributed by atoms with E-state index in [2.05, 4.69) is 76.2 Å². The lowest BCUT2D eigenvalue weighted by Gasteiger charge is -2.43. The van der Waals surface area contributed by atoms with Crippen molar-refractivity contribution in [3.8, 4) is 0 Å². The molecule has 0 saturated carbocycles. The van der Waals surface area contributed by atoms with Gasteiger partial charge in [-0.1, -0.05) is 45.7 Å². The van der Waals surface area contributed by atoms with Crippen LogP contribution in [0.3, 0.4) is 0 Å². The van der Waals surface area contributed by atoms with Crippen LogP contribution in [-0.2, 0) is 4.12 Å². The van der Waals surface area contributed by atoms with Gasteiger partial charge in [-0.15, -0.1) is 0 Å². The molecule has 0 fully saturated rings. The smallest absolute Gasteiger partial charge is 0.173 e. The van der Waals surface area contributed by atoms with Crippen molar-refractivity contribution < 1.29 is 4.12 Å². The Morgan fingerprint density at radius 2 is 1.10 bits per heavy atom. The quantitative estimate of drug-likeness (QED) is 0.379. The summed E-state index contributed by atoms with van der Waals surface area (Å²) in [6.45, 7) is 28.1. The number of hydrogen-bond acceptors (Lipinski definition) is 2. The molecule has 0 aromatic carbocycles. The van der Waals surface area contributed by atoms with E-state index in [1.807, 2.05) is 0 Å². The van der Waals surface area contributed by atoms with Crippen LogP contribution in [0.2, 0.25) is 78.1 Å². The molecule has 0 radical (unpaired) electrons. The predicted molar refractivity (Wildman–Crippen MR) is 109 cm³/mol. The summed E-state index contributed by atoms with van der Waals surface area (Å²) in [5, 5.41) is 0. The molecule has 0 aliphatic carbocycles. The standard InChI is InChI=1S/C15H41NOSi4/c1-18(2,3)16(19(4,5)6)14-12-13-15-21(10,11)17-20(7,8)9/h12-15H2,1-11H3. The topological polar surface area (TPSA) is 12.5 Å². The van der Waals surface area contributed by atoms with Gasteiger partial charge in [-0.3, -0.25) is 0 Å². The van der Waals surface area contributed by atoms with Crippen molar-refractivity contribution in [3.63, 3.8) is 0 Å². The summed E-state index contributed by atoms with van der Waals surface area (Å²) in [7, 11) is -5.15. The van der Waals surface area contributed by atoms with Crippen LogP contribution in [0, 0.1) is 0 Å². The summed E-state index contributed by atoms with van der Waals surface area (Å²) in [5.74, 6) is 0. The normalized spacial score (nSPS) is 14.9. The van der Waals surface area contributed by atoms with Gasteiger partial charge in [0.25, 0.3) is 0 Å². The van der Waals surface area contributed by atoms with E-state index in [-0.39, 0.29) is 0 Å². The first-order valence-corrected chi connectivity index (χ1v) is 21.9. The lowest BCUT2D eigenvalue weighted by Crippen LogP contribution is -2.59. The maximum atomic E-state index is 6.45. The number of hydrogen-bond donors (Lipinski definition) is 0. The Morgan fingerprint density at radius 3 is 1.43 bits per heavy atom. The molecule has 21 heavy (non-hydrogen) atoms. The first-order valence-electron chi connectivity index (χ1n) is 8.53. The Labute approximate surface area is 139 Å². The van der Waals surface area contributed by atoms with Gasteiger partial charge < -0.3 is 8.35 Å². The zero-order valence-corrected chi connectivity index (χ0v) is 20.7. The van der Waals surface area contributed by atoms with Gasteiger partial charge in [-0.05, 0) is 51.7 Å². The zero-order chi connectivity index (χ0) is 17.1. The fourth-order valence-corrected chi connectivity index (χ4v) is 21.2. The van der Waals surface area contributed by atoms with Crippen molar-refractivity contribution in [2.45, 2.75) is 90.9 Å². The van der Waals surface area contributed by atoms with Gasteiger partial charge in [0.1, 0.15) is 16.5 Å². The van der Waals surface area contributed by atoms with Crippen LogP contribution < -0.4 is 0 Å². The van der Waals surface area contributed by atoms with Crippen molar-refractivity contribution in [2.24, 2.45) is 0 Å². The summed E-state index contributed by atoms with van der Waals surface area (Å²) in [5.41, 5.74) is 0. The molecule has 0 aliphatic heterocycles. The Hall–Kier alpha value is 0.788. The molecular formula is C15H41NOSi4. The van der Waals surface area contributed by atoms with Crippen LogP contribution in [0.15, 0.2) is 0 Å². The number of unbranched alkanes of at least 4 members (excludes halogenated alkanes) is 1. The molecule has 0 aromatic rings. The molecule has 0 amide bonds. The lowest BCUT2D eigenvalue weighted by atomic mass is 10.3. The Balaban J connectivity index is 4.36. The zero-order valence-electron chi connectivity index (χ0n) is 16.7. The second kappa shape index (κ2) is 7.57. The van der Waals surface area contributed by atoms with Gasteiger partial charge in [0.2, 0.25) is 0 Å². The van der Waals surface area contributed by atoms with Crippen molar-refractivity contribution in [1.82, 2.24) is 4.23 Å². The van der Waals surface area contributed by atoms with Gasteiger partial charge in [0.15, 0.2) is 16.6 Å². The fraction of sp³-hybridized carbons (Fsp3) is 1.00. The highest BCUT2D eigenvalue weighted by molar-refractivity contribution is 6.89. The van der Waals surface area contributed by atoms with Crippen LogP contribution in [0.1, 0.15) is 12.8 Å². The van der Waals surface area contributed by atoms with E-state index in [1.165, 1.54) is 25.4 Å². The molecule has 0 saturated heterocycles. The molecule has 6 heteroatoms. The van der Waals surface area contributed by atoms with Crippen molar-refractivity contribution in [2.75, 3.05) is 6.54 Å². The van der Waals surface area contributed by atoms with Gasteiger partial charge in [-0.25, -0.2) is 0 Å². The fourth-order valence-electron chi connectivity index (χ4n) is 3.38. The highest BCUT2D eigenvalue weighted by Crippen LogP contribution is 2.23. The third-order valence-electron chi connectivity index (χ3n) is 3.61. The van der Waals surface area contributed by atoms with Gasteiger partial charge in [-0.2, -0.15) is 0 Å². The maximum Gasteiger partial charge on any atom is 0.173 e. The van der Waals surface area contributed by atoms with E-state index in [0.717, 1.165) is 0 Å². The van der Waals surface area contributed by atoms with E-state index < -0.39 is 33.1 Å². The van der Waals surface area contributed by atoms with Crippen molar-refractivity contribution in [1.29, 1.82) is 0 Å². The van der Waals surface area contributed by atoms with Crippen molar-refractivity contribution in [3.05, 3.63) is 0 Å².